The maximum Gasteiger partial charge on any atom is 0.321 e. The summed E-state index contributed by atoms with van der Waals surface area (Å²) in [7, 11) is 0. The highest BCUT2D eigenvalue weighted by molar-refractivity contribution is 5.96. The van der Waals surface area contributed by atoms with Crippen molar-refractivity contribution in [1.82, 2.24) is 5.32 Å². The Hall–Kier alpha value is -1.06. The maximum absolute atomic E-state index is 11.8. The molecule has 3 atom stereocenters. The first kappa shape index (κ1) is 11.4. The first-order valence-corrected chi connectivity index (χ1v) is 4.64. The molecule has 2 aliphatic heterocycles. The van der Waals surface area contributed by atoms with Crippen molar-refractivity contribution >= 4 is 11.7 Å². The zero-order valence-corrected chi connectivity index (χ0v) is 8.37. The van der Waals surface area contributed by atoms with Crippen LogP contribution < -0.4 is 5.32 Å². The fraction of sp³-hybridized carbons (Fsp3) is 0.750. The van der Waals surface area contributed by atoms with Crippen LogP contribution in [0.15, 0.2) is 0 Å². The molecule has 0 unspecified atom stereocenters. The van der Waals surface area contributed by atoms with E-state index in [2.05, 4.69) is 15.1 Å². The molecule has 16 heavy (non-hydrogen) atoms. The Balaban J connectivity index is 2.17. The van der Waals surface area contributed by atoms with Gasteiger partial charge in [-0.05, 0) is 0 Å². The second kappa shape index (κ2) is 3.75. The lowest BCUT2D eigenvalue weighted by molar-refractivity contribution is -0.211. The second-order valence-electron chi connectivity index (χ2n) is 3.57. The summed E-state index contributed by atoms with van der Waals surface area (Å²) < 4.78 is 4.92. The van der Waals surface area contributed by atoms with Crippen molar-refractivity contribution in [3.05, 3.63) is 0 Å². The molecule has 90 valence electrons. The van der Waals surface area contributed by atoms with E-state index in [0.717, 1.165) is 0 Å². The Morgan fingerprint density at radius 3 is 2.62 bits per heavy atom. The number of carbonyl (C=O) groups excluding carboxylic acids is 2. The van der Waals surface area contributed by atoms with Gasteiger partial charge in [0.2, 0.25) is 11.7 Å². The van der Waals surface area contributed by atoms with Crippen LogP contribution in [0.4, 0.5) is 0 Å². The summed E-state index contributed by atoms with van der Waals surface area (Å²) in [4.78, 5) is 31.7. The third-order valence-corrected chi connectivity index (χ3v) is 2.43. The number of nitrogens with one attached hydrogen (secondary N) is 1. The zero-order chi connectivity index (χ0) is 11.9. The van der Waals surface area contributed by atoms with Gasteiger partial charge in [0.05, 0.1) is 6.61 Å². The van der Waals surface area contributed by atoms with Crippen LogP contribution in [0, 0.1) is 0 Å². The summed E-state index contributed by atoms with van der Waals surface area (Å²) >= 11 is 0. The molecule has 8 nitrogen and oxygen atoms in total. The van der Waals surface area contributed by atoms with E-state index in [1.807, 2.05) is 0 Å². The number of amides is 1. The lowest BCUT2D eigenvalue weighted by Crippen LogP contribution is -2.63. The average molecular weight is 233 g/mol. The first-order valence-electron chi connectivity index (χ1n) is 4.64. The number of hydrogen-bond donors (Lipinski definition) is 3. The predicted octanol–water partition coefficient (Wildman–Crippen LogP) is -2.57. The molecular weight excluding hydrogens is 222 g/mol. The Kier molecular flexibility index (Phi) is 2.68. The van der Waals surface area contributed by atoms with Gasteiger partial charge in [-0.2, -0.15) is 9.78 Å². The average Bonchev–Trinajstić information content (AvgIpc) is 3.00. The Morgan fingerprint density at radius 1 is 1.56 bits per heavy atom. The van der Waals surface area contributed by atoms with Gasteiger partial charge in [0, 0.05) is 6.92 Å². The Bertz CT molecular complexity index is 326. The van der Waals surface area contributed by atoms with Crippen molar-refractivity contribution in [2.24, 2.45) is 0 Å². The van der Waals surface area contributed by atoms with Crippen molar-refractivity contribution in [3.63, 3.8) is 0 Å². The van der Waals surface area contributed by atoms with Gasteiger partial charge in [-0.25, -0.2) is 0 Å². The van der Waals surface area contributed by atoms with Crippen molar-refractivity contribution in [3.8, 4) is 0 Å². The van der Waals surface area contributed by atoms with E-state index in [4.69, 9.17) is 9.84 Å². The van der Waals surface area contributed by atoms with E-state index >= 15 is 0 Å². The van der Waals surface area contributed by atoms with Crippen LogP contribution in [0.25, 0.3) is 0 Å². The molecule has 0 saturated carbocycles. The van der Waals surface area contributed by atoms with Gasteiger partial charge in [0.1, 0.15) is 6.04 Å². The second-order valence-corrected chi connectivity index (χ2v) is 3.57. The van der Waals surface area contributed by atoms with Gasteiger partial charge < -0.3 is 20.3 Å². The van der Waals surface area contributed by atoms with Gasteiger partial charge in [0.25, 0.3) is 0 Å². The van der Waals surface area contributed by atoms with Gasteiger partial charge in [-0.15, -0.1) is 0 Å². The van der Waals surface area contributed by atoms with E-state index in [1.54, 1.807) is 0 Å². The number of ketones is 1. The fourth-order valence-electron chi connectivity index (χ4n) is 1.59. The summed E-state index contributed by atoms with van der Waals surface area (Å²) in [5.41, 5.74) is 0. The van der Waals surface area contributed by atoms with Crippen LogP contribution in [0.5, 0.6) is 0 Å². The minimum Gasteiger partial charge on any atom is -0.393 e. The fourth-order valence-corrected chi connectivity index (χ4v) is 1.59. The molecule has 8 heteroatoms. The first-order chi connectivity index (χ1) is 7.51. The van der Waals surface area contributed by atoms with Gasteiger partial charge >= 0.3 is 5.79 Å². The minimum atomic E-state index is -1.69. The summed E-state index contributed by atoms with van der Waals surface area (Å²) in [6.07, 6.45) is -2.63. The van der Waals surface area contributed by atoms with Crippen LogP contribution in [0.3, 0.4) is 0 Å². The molecule has 0 aromatic heterocycles. The van der Waals surface area contributed by atoms with Gasteiger partial charge in [0.15, 0.2) is 12.4 Å². The molecule has 0 radical (unpaired) electrons. The molecular formula is C8H11NO7. The van der Waals surface area contributed by atoms with Crippen molar-refractivity contribution in [1.29, 1.82) is 0 Å². The minimum absolute atomic E-state index is 0.501. The molecule has 2 rings (SSSR count). The largest absolute Gasteiger partial charge is 0.393 e. The number of rotatable bonds is 2. The highest BCUT2D eigenvalue weighted by atomic mass is 17.4. The highest BCUT2D eigenvalue weighted by Gasteiger charge is 2.69. The summed E-state index contributed by atoms with van der Waals surface area (Å²) in [6.45, 7) is 0.648. The van der Waals surface area contributed by atoms with Crippen LogP contribution in [-0.4, -0.2) is 52.7 Å². The smallest absolute Gasteiger partial charge is 0.321 e. The van der Waals surface area contributed by atoms with E-state index < -0.39 is 42.5 Å². The van der Waals surface area contributed by atoms with Crippen LogP contribution >= 0.6 is 0 Å². The number of aliphatic hydroxyl groups is 2. The monoisotopic (exact) mass is 233 g/mol. The Morgan fingerprint density at radius 2 is 2.19 bits per heavy atom. The summed E-state index contributed by atoms with van der Waals surface area (Å²) in [5, 5.41) is 20.6. The topological polar surface area (TPSA) is 121 Å². The molecule has 0 aromatic carbocycles. The molecule has 1 spiro atoms. The number of hydrogen-bond acceptors (Lipinski definition) is 7. The molecule has 0 aromatic rings. The molecule has 2 fully saturated rings. The number of aliphatic hydroxyl groups excluding tert-OH is 2. The van der Waals surface area contributed by atoms with Crippen molar-refractivity contribution < 1.29 is 34.3 Å². The van der Waals surface area contributed by atoms with Crippen LogP contribution in [0.1, 0.15) is 6.92 Å². The van der Waals surface area contributed by atoms with E-state index in [0.29, 0.717) is 0 Å². The predicted molar refractivity (Wildman–Crippen MR) is 45.5 cm³/mol. The van der Waals surface area contributed by atoms with Crippen molar-refractivity contribution in [2.75, 3.05) is 6.61 Å². The van der Waals surface area contributed by atoms with Gasteiger partial charge in [-0.1, -0.05) is 0 Å². The molecule has 1 amide bonds. The molecule has 2 aliphatic rings. The highest BCUT2D eigenvalue weighted by Crippen LogP contribution is 2.40. The maximum atomic E-state index is 11.8. The van der Waals surface area contributed by atoms with E-state index in [1.165, 1.54) is 6.92 Å². The van der Waals surface area contributed by atoms with Crippen molar-refractivity contribution in [2.45, 2.75) is 31.1 Å². The summed E-state index contributed by atoms with van der Waals surface area (Å²) in [5.74, 6) is -2.87. The standard InChI is InChI=1S/C8H11NO7/c1-3(11)9-5-6(12)8(15-16-8)4(2-10)14-7(5)13/h4-5,7,10,13H,2H2,1H3,(H,9,11)/t4-,5-,7+/m0/s1. The van der Waals surface area contributed by atoms with Crippen LogP contribution in [0.2, 0.25) is 0 Å². The summed E-state index contributed by atoms with van der Waals surface area (Å²) in [6, 6.07) is -1.26. The SMILES string of the molecule is CC(=O)N[C@H]1C(=O)C2(OO2)[C@H](CO)O[C@H]1O. The van der Waals surface area contributed by atoms with Crippen LogP contribution in [-0.2, 0) is 24.1 Å². The normalized spacial score (nSPS) is 36.2. The molecule has 3 N–H and O–H groups in total. The Labute approximate surface area is 90.0 Å². The number of Topliss-reactive ketones (excluding diaryl/α,β-unsaturated/α-hetero) is 1. The molecule has 2 heterocycles. The lowest BCUT2D eigenvalue weighted by atomic mass is 9.96. The molecule has 0 bridgehead atoms. The third-order valence-electron chi connectivity index (χ3n) is 2.43. The van der Waals surface area contributed by atoms with E-state index in [9.17, 15) is 14.7 Å². The van der Waals surface area contributed by atoms with Gasteiger partial charge in [-0.3, -0.25) is 9.59 Å². The molecule has 2 saturated heterocycles. The third kappa shape index (κ3) is 1.60. The molecule has 0 aliphatic carbocycles. The lowest BCUT2D eigenvalue weighted by Gasteiger charge is -2.33. The zero-order valence-electron chi connectivity index (χ0n) is 8.37. The number of carbonyl (C=O) groups is 2. The van der Waals surface area contributed by atoms with E-state index in [-0.39, 0.29) is 0 Å². The quantitative estimate of drug-likeness (QED) is 0.354. The number of ether oxygens (including phenoxy) is 1.